The van der Waals surface area contributed by atoms with E-state index in [-0.39, 0.29) is 22.9 Å². The van der Waals surface area contributed by atoms with Crippen LogP contribution in [-0.2, 0) is 11.3 Å². The van der Waals surface area contributed by atoms with Crippen LogP contribution in [0.5, 0.6) is 0 Å². The van der Waals surface area contributed by atoms with Gasteiger partial charge in [0, 0.05) is 31.6 Å². The van der Waals surface area contributed by atoms with Crippen molar-refractivity contribution in [2.45, 2.75) is 30.8 Å². The summed E-state index contributed by atoms with van der Waals surface area (Å²) in [7, 11) is 0. The molecule has 2 aromatic heterocycles. The maximum Gasteiger partial charge on any atom is 0.519 e. The van der Waals surface area contributed by atoms with E-state index in [0.29, 0.717) is 60.5 Å². The number of carbonyl (C=O) groups is 1. The van der Waals surface area contributed by atoms with Crippen LogP contribution in [0.3, 0.4) is 0 Å². The Morgan fingerprint density at radius 1 is 1.10 bits per heavy atom. The molecule has 11 heteroatoms. The van der Waals surface area contributed by atoms with Crippen LogP contribution in [0.4, 0.5) is 10.1 Å². The van der Waals surface area contributed by atoms with Crippen molar-refractivity contribution in [3.05, 3.63) is 91.8 Å². The molecule has 6 rings (SSSR count). The fourth-order valence-corrected chi connectivity index (χ4v) is 6.46. The Hall–Kier alpha value is -3.83. The van der Waals surface area contributed by atoms with Crippen molar-refractivity contribution in [1.29, 1.82) is 0 Å². The van der Waals surface area contributed by atoms with Crippen LogP contribution in [0.1, 0.15) is 39.7 Å². The van der Waals surface area contributed by atoms with E-state index in [1.807, 2.05) is 39.8 Å². The van der Waals surface area contributed by atoms with Crippen molar-refractivity contribution in [2.75, 3.05) is 37.7 Å². The fraction of sp³-hybridized carbons (Fsp3) is 0.321. The van der Waals surface area contributed by atoms with Gasteiger partial charge in [-0.05, 0) is 31.5 Å². The molecule has 2 aromatic carbocycles. The Morgan fingerprint density at radius 2 is 1.85 bits per heavy atom. The van der Waals surface area contributed by atoms with E-state index in [1.54, 1.807) is 19.9 Å². The molecule has 0 bridgehead atoms. The molecule has 0 amide bonds. The summed E-state index contributed by atoms with van der Waals surface area (Å²) in [4.78, 5) is 41.6. The van der Waals surface area contributed by atoms with Crippen LogP contribution in [-0.4, -0.2) is 48.2 Å². The summed E-state index contributed by atoms with van der Waals surface area (Å²) in [6.45, 7) is 6.25. The van der Waals surface area contributed by atoms with Crippen molar-refractivity contribution in [1.82, 2.24) is 9.47 Å². The second-order valence-corrected chi connectivity index (χ2v) is 10.6. The second kappa shape index (κ2) is 10.0. The first-order chi connectivity index (χ1) is 18.9. The summed E-state index contributed by atoms with van der Waals surface area (Å²) >= 11 is 1.42. The van der Waals surface area contributed by atoms with E-state index in [2.05, 4.69) is 4.90 Å². The lowest BCUT2D eigenvalue weighted by atomic mass is 10.1. The highest BCUT2D eigenvalue weighted by molar-refractivity contribution is 8.00. The zero-order valence-electron chi connectivity index (χ0n) is 21.4. The Labute approximate surface area is 226 Å². The van der Waals surface area contributed by atoms with Crippen molar-refractivity contribution < 1.29 is 22.8 Å². The quantitative estimate of drug-likeness (QED) is 0.327. The lowest BCUT2D eigenvalue weighted by Gasteiger charge is -2.38. The van der Waals surface area contributed by atoms with Gasteiger partial charge in [0.2, 0.25) is 5.43 Å². The molecule has 2 aliphatic heterocycles. The minimum absolute atomic E-state index is 0.0523. The maximum absolute atomic E-state index is 15.5. The summed E-state index contributed by atoms with van der Waals surface area (Å²) in [6, 6.07) is 12.7. The van der Waals surface area contributed by atoms with Crippen LogP contribution in [0.15, 0.2) is 65.9 Å². The SMILES string of the molecule is CCOC(=O)c1c2n(c3cc(N4CCN(Cc5oc(=O)oc5C)CC4)c(F)cc3c1=O)C(c1ccccc1)S2. The van der Waals surface area contributed by atoms with Gasteiger partial charge >= 0.3 is 11.8 Å². The lowest BCUT2D eigenvalue weighted by molar-refractivity contribution is 0.0518. The zero-order chi connectivity index (χ0) is 27.3. The first-order valence-electron chi connectivity index (χ1n) is 12.7. The van der Waals surface area contributed by atoms with Gasteiger partial charge in [-0.3, -0.25) is 9.69 Å². The number of halogens is 1. The summed E-state index contributed by atoms with van der Waals surface area (Å²) < 4.78 is 32.7. The number of ether oxygens (including phenoxy) is 1. The minimum Gasteiger partial charge on any atom is -0.462 e. The zero-order valence-corrected chi connectivity index (χ0v) is 22.3. The number of rotatable bonds is 6. The molecular formula is C28H26FN3O6S. The number of hydrogen-bond acceptors (Lipinski definition) is 9. The third-order valence-electron chi connectivity index (χ3n) is 7.17. The molecule has 1 unspecified atom stereocenters. The molecular weight excluding hydrogens is 525 g/mol. The summed E-state index contributed by atoms with van der Waals surface area (Å²) in [5.74, 6) is -0.991. The average molecular weight is 552 g/mol. The standard InChI is InChI=1S/C28H26FN3O6S/c1-3-36-27(34)23-24(33)18-13-19(29)21(14-20(18)32-25(39-26(23)32)17-7-5-4-6-8-17)31-11-9-30(10-12-31)15-22-16(2)37-28(35)38-22/h4-8,13-14,25H,3,9-12,15H2,1-2H3. The number of pyridine rings is 1. The highest BCUT2D eigenvalue weighted by Crippen LogP contribution is 2.50. The molecule has 2 aliphatic rings. The van der Waals surface area contributed by atoms with Gasteiger partial charge in [-0.2, -0.15) is 0 Å². The van der Waals surface area contributed by atoms with E-state index in [0.717, 1.165) is 5.56 Å². The monoisotopic (exact) mass is 551 g/mol. The maximum atomic E-state index is 15.5. The molecule has 0 radical (unpaired) electrons. The van der Waals surface area contributed by atoms with E-state index < -0.39 is 23.0 Å². The Kier molecular flexibility index (Phi) is 6.56. The topological polar surface area (TPSA) is 98.1 Å². The summed E-state index contributed by atoms with van der Waals surface area (Å²) in [5, 5.41) is 0.507. The highest BCUT2D eigenvalue weighted by atomic mass is 32.2. The third-order valence-corrected chi connectivity index (χ3v) is 8.50. The normalized spacial score (nSPS) is 17.2. The molecule has 0 saturated carbocycles. The third kappa shape index (κ3) is 4.45. The van der Waals surface area contributed by atoms with Crippen LogP contribution >= 0.6 is 11.8 Å². The van der Waals surface area contributed by atoms with Crippen molar-refractivity contribution in [3.63, 3.8) is 0 Å². The first-order valence-corrected chi connectivity index (χ1v) is 13.6. The van der Waals surface area contributed by atoms with Crippen LogP contribution < -0.4 is 16.2 Å². The highest BCUT2D eigenvalue weighted by Gasteiger charge is 2.37. The molecule has 39 heavy (non-hydrogen) atoms. The van der Waals surface area contributed by atoms with E-state index in [1.165, 1.54) is 17.8 Å². The van der Waals surface area contributed by atoms with Gasteiger partial charge in [0.15, 0.2) is 5.76 Å². The minimum atomic E-state index is -0.718. The van der Waals surface area contributed by atoms with Gasteiger partial charge < -0.3 is 23.0 Å². The number of aromatic nitrogens is 1. The molecule has 0 aliphatic carbocycles. The number of esters is 1. The Bertz CT molecular complexity index is 1690. The molecule has 4 heterocycles. The largest absolute Gasteiger partial charge is 0.519 e. The van der Waals surface area contributed by atoms with E-state index in [4.69, 9.17) is 13.6 Å². The molecule has 1 atom stereocenters. The van der Waals surface area contributed by atoms with Crippen LogP contribution in [0.25, 0.3) is 10.9 Å². The van der Waals surface area contributed by atoms with Crippen LogP contribution in [0.2, 0.25) is 0 Å². The molecule has 1 fully saturated rings. The smallest absolute Gasteiger partial charge is 0.462 e. The number of fused-ring (bicyclic) bond motifs is 3. The van der Waals surface area contributed by atoms with Gasteiger partial charge in [0.25, 0.3) is 0 Å². The average Bonchev–Trinajstić information content (AvgIpc) is 3.23. The summed E-state index contributed by atoms with van der Waals surface area (Å²) in [5.41, 5.74) is 1.40. The second-order valence-electron chi connectivity index (χ2n) is 9.50. The fourth-order valence-electron chi connectivity index (χ4n) is 5.18. The predicted octanol–water partition coefficient (Wildman–Crippen LogP) is 4.15. The number of aryl methyl sites for hydroxylation is 1. The number of thioether (sulfide) groups is 1. The molecule has 202 valence electrons. The summed E-state index contributed by atoms with van der Waals surface area (Å²) in [6.07, 6.45) is 0. The van der Waals surface area contributed by atoms with Gasteiger partial charge in [0.05, 0.1) is 29.4 Å². The number of piperazine rings is 1. The number of anilines is 1. The van der Waals surface area contributed by atoms with Gasteiger partial charge in [-0.1, -0.05) is 42.1 Å². The van der Waals surface area contributed by atoms with Crippen molar-refractivity contribution in [3.8, 4) is 0 Å². The van der Waals surface area contributed by atoms with E-state index in [9.17, 15) is 14.4 Å². The molecule has 0 N–H and O–H groups in total. The van der Waals surface area contributed by atoms with Crippen molar-refractivity contribution >= 4 is 34.3 Å². The van der Waals surface area contributed by atoms with Gasteiger partial charge in [-0.25, -0.2) is 14.0 Å². The van der Waals surface area contributed by atoms with Crippen molar-refractivity contribution in [2.24, 2.45) is 0 Å². The van der Waals surface area contributed by atoms with Crippen LogP contribution in [0, 0.1) is 12.7 Å². The lowest BCUT2D eigenvalue weighted by Crippen LogP contribution is -2.46. The molecule has 1 saturated heterocycles. The molecule has 9 nitrogen and oxygen atoms in total. The Morgan fingerprint density at radius 3 is 2.51 bits per heavy atom. The number of benzene rings is 2. The molecule has 0 spiro atoms. The number of nitrogens with zero attached hydrogens (tertiary/aromatic N) is 3. The first kappa shape index (κ1) is 25.4. The van der Waals surface area contributed by atoms with Gasteiger partial charge in [0.1, 0.15) is 22.5 Å². The molecule has 4 aromatic rings. The van der Waals surface area contributed by atoms with Gasteiger partial charge in [-0.15, -0.1) is 0 Å². The van der Waals surface area contributed by atoms with E-state index >= 15 is 4.39 Å². The number of hydrogen-bond donors (Lipinski definition) is 0. The Balaban J connectivity index is 1.36. The number of carbonyl (C=O) groups excluding carboxylic acids is 1. The predicted molar refractivity (Wildman–Crippen MR) is 144 cm³/mol.